The Morgan fingerprint density at radius 3 is 2.65 bits per heavy atom. The van der Waals surface area contributed by atoms with Gasteiger partial charge in [0.15, 0.2) is 0 Å². The predicted molar refractivity (Wildman–Crippen MR) is 84.9 cm³/mol. The maximum Gasteiger partial charge on any atom is 0.0866 e. The highest BCUT2D eigenvalue weighted by molar-refractivity contribution is 5.25. The molecule has 0 amide bonds. The molecule has 0 aromatic heterocycles. The van der Waals surface area contributed by atoms with Crippen molar-refractivity contribution < 1.29 is 4.74 Å². The van der Waals surface area contributed by atoms with Crippen molar-refractivity contribution >= 4 is 0 Å². The quantitative estimate of drug-likeness (QED) is 0.760. The fraction of sp³-hybridized carbons (Fsp3) is 0.667. The fourth-order valence-corrected chi connectivity index (χ4v) is 2.99. The lowest BCUT2D eigenvalue weighted by Crippen LogP contribution is -2.25. The monoisotopic (exact) mass is 275 g/mol. The molecule has 2 rings (SSSR count). The molecule has 0 aliphatic carbocycles. The molecule has 20 heavy (non-hydrogen) atoms. The first-order chi connectivity index (χ1) is 9.70. The zero-order chi connectivity index (χ0) is 14.4. The minimum Gasteiger partial charge on any atom is -0.373 e. The Labute approximate surface area is 123 Å². The molecule has 2 heteroatoms. The van der Waals surface area contributed by atoms with Crippen LogP contribution in [0.15, 0.2) is 24.3 Å². The van der Waals surface area contributed by atoms with Crippen LogP contribution >= 0.6 is 0 Å². The van der Waals surface area contributed by atoms with Crippen LogP contribution in [-0.4, -0.2) is 19.7 Å². The minimum absolute atomic E-state index is 0.285. The SMILES string of the molecule is CCCNCC1CCOC1c1ccc(CC(C)C)cc1. The summed E-state index contributed by atoms with van der Waals surface area (Å²) < 4.78 is 5.96. The summed E-state index contributed by atoms with van der Waals surface area (Å²) in [7, 11) is 0. The van der Waals surface area contributed by atoms with E-state index in [4.69, 9.17) is 4.74 Å². The summed E-state index contributed by atoms with van der Waals surface area (Å²) in [6, 6.07) is 9.07. The van der Waals surface area contributed by atoms with E-state index in [0.717, 1.165) is 32.0 Å². The third-order valence-electron chi connectivity index (χ3n) is 4.00. The molecule has 0 spiro atoms. The van der Waals surface area contributed by atoms with Gasteiger partial charge in [0.1, 0.15) is 0 Å². The Bertz CT molecular complexity index is 385. The lowest BCUT2D eigenvalue weighted by atomic mass is 9.93. The summed E-state index contributed by atoms with van der Waals surface area (Å²) in [5.74, 6) is 1.34. The average molecular weight is 275 g/mol. The van der Waals surface area contributed by atoms with Gasteiger partial charge in [-0.15, -0.1) is 0 Å². The Hall–Kier alpha value is -0.860. The Balaban J connectivity index is 1.95. The van der Waals surface area contributed by atoms with Gasteiger partial charge in [-0.25, -0.2) is 0 Å². The molecule has 1 fully saturated rings. The molecule has 2 unspecified atom stereocenters. The molecule has 1 N–H and O–H groups in total. The largest absolute Gasteiger partial charge is 0.373 e. The number of benzene rings is 1. The van der Waals surface area contributed by atoms with Gasteiger partial charge in [0.05, 0.1) is 6.10 Å². The summed E-state index contributed by atoms with van der Waals surface area (Å²) in [5, 5.41) is 3.53. The third-order valence-corrected chi connectivity index (χ3v) is 4.00. The third kappa shape index (κ3) is 4.32. The van der Waals surface area contributed by atoms with Gasteiger partial charge in [-0.1, -0.05) is 45.0 Å². The van der Waals surface area contributed by atoms with E-state index >= 15 is 0 Å². The van der Waals surface area contributed by atoms with Crippen molar-refractivity contribution in [3.63, 3.8) is 0 Å². The summed E-state index contributed by atoms with van der Waals surface area (Å²) >= 11 is 0. The highest BCUT2D eigenvalue weighted by Crippen LogP contribution is 2.34. The van der Waals surface area contributed by atoms with Crippen LogP contribution in [-0.2, 0) is 11.2 Å². The van der Waals surface area contributed by atoms with Gasteiger partial charge in [0.2, 0.25) is 0 Å². The van der Waals surface area contributed by atoms with Gasteiger partial charge in [-0.3, -0.25) is 0 Å². The Kier molecular flexibility index (Phi) is 6.06. The molecule has 1 aromatic rings. The Morgan fingerprint density at radius 2 is 2.00 bits per heavy atom. The summed E-state index contributed by atoms with van der Waals surface area (Å²) in [6.45, 7) is 9.83. The molecular weight excluding hydrogens is 246 g/mol. The van der Waals surface area contributed by atoms with Crippen molar-refractivity contribution in [1.29, 1.82) is 0 Å². The average Bonchev–Trinajstić information content (AvgIpc) is 2.88. The summed E-state index contributed by atoms with van der Waals surface area (Å²) in [5.41, 5.74) is 2.78. The molecule has 1 heterocycles. The van der Waals surface area contributed by atoms with Crippen LogP contribution in [0.25, 0.3) is 0 Å². The molecule has 0 radical (unpaired) electrons. The molecule has 0 saturated carbocycles. The fourth-order valence-electron chi connectivity index (χ4n) is 2.99. The van der Waals surface area contributed by atoms with Crippen LogP contribution in [0.4, 0.5) is 0 Å². The second-order valence-electron chi connectivity index (χ2n) is 6.38. The molecule has 1 aliphatic rings. The Morgan fingerprint density at radius 1 is 1.25 bits per heavy atom. The lowest BCUT2D eigenvalue weighted by molar-refractivity contribution is 0.0905. The first-order valence-electron chi connectivity index (χ1n) is 8.11. The van der Waals surface area contributed by atoms with Crippen molar-refractivity contribution in [3.8, 4) is 0 Å². The van der Waals surface area contributed by atoms with E-state index in [1.165, 1.54) is 24.0 Å². The van der Waals surface area contributed by atoms with Gasteiger partial charge in [-0.2, -0.15) is 0 Å². The number of hydrogen-bond acceptors (Lipinski definition) is 2. The lowest BCUT2D eigenvalue weighted by Gasteiger charge is -2.20. The van der Waals surface area contributed by atoms with Crippen LogP contribution in [0.3, 0.4) is 0 Å². The summed E-state index contributed by atoms with van der Waals surface area (Å²) in [4.78, 5) is 0. The topological polar surface area (TPSA) is 21.3 Å². The van der Waals surface area contributed by atoms with Crippen molar-refractivity contribution in [1.82, 2.24) is 5.32 Å². The second kappa shape index (κ2) is 7.80. The van der Waals surface area contributed by atoms with Crippen molar-refractivity contribution in [2.24, 2.45) is 11.8 Å². The number of hydrogen-bond donors (Lipinski definition) is 1. The molecule has 112 valence electrons. The first-order valence-corrected chi connectivity index (χ1v) is 8.11. The molecular formula is C18H29NO. The van der Waals surface area contributed by atoms with Gasteiger partial charge in [-0.05, 0) is 42.9 Å². The van der Waals surface area contributed by atoms with Crippen LogP contribution in [0.2, 0.25) is 0 Å². The van der Waals surface area contributed by atoms with E-state index in [0.29, 0.717) is 5.92 Å². The molecule has 1 aliphatic heterocycles. The highest BCUT2D eigenvalue weighted by atomic mass is 16.5. The van der Waals surface area contributed by atoms with E-state index in [-0.39, 0.29) is 6.10 Å². The van der Waals surface area contributed by atoms with Gasteiger partial charge in [0, 0.05) is 19.1 Å². The van der Waals surface area contributed by atoms with E-state index < -0.39 is 0 Å². The molecule has 0 bridgehead atoms. The number of nitrogens with one attached hydrogen (secondary N) is 1. The van der Waals surface area contributed by atoms with Crippen LogP contribution in [0, 0.1) is 11.8 Å². The maximum atomic E-state index is 5.96. The van der Waals surface area contributed by atoms with Crippen molar-refractivity contribution in [2.45, 2.75) is 46.1 Å². The standard InChI is InChI=1S/C18H29NO/c1-4-10-19-13-17-9-11-20-18(17)16-7-5-15(6-8-16)12-14(2)3/h5-8,14,17-19H,4,9-13H2,1-3H3. The number of rotatable bonds is 7. The maximum absolute atomic E-state index is 5.96. The molecule has 2 atom stereocenters. The van der Waals surface area contributed by atoms with Gasteiger partial charge >= 0.3 is 0 Å². The van der Waals surface area contributed by atoms with E-state index in [9.17, 15) is 0 Å². The highest BCUT2D eigenvalue weighted by Gasteiger charge is 2.29. The summed E-state index contributed by atoms with van der Waals surface area (Å²) in [6.07, 6.45) is 3.82. The molecule has 1 saturated heterocycles. The van der Waals surface area contributed by atoms with Crippen LogP contribution in [0.1, 0.15) is 50.8 Å². The van der Waals surface area contributed by atoms with Gasteiger partial charge < -0.3 is 10.1 Å². The van der Waals surface area contributed by atoms with E-state index in [1.54, 1.807) is 0 Å². The molecule has 1 aromatic carbocycles. The van der Waals surface area contributed by atoms with Crippen LogP contribution < -0.4 is 5.32 Å². The van der Waals surface area contributed by atoms with Crippen LogP contribution in [0.5, 0.6) is 0 Å². The zero-order valence-electron chi connectivity index (χ0n) is 13.2. The predicted octanol–water partition coefficient (Wildman–Crippen LogP) is 3.96. The number of ether oxygens (including phenoxy) is 1. The van der Waals surface area contributed by atoms with Crippen molar-refractivity contribution in [3.05, 3.63) is 35.4 Å². The zero-order valence-corrected chi connectivity index (χ0v) is 13.2. The van der Waals surface area contributed by atoms with E-state index in [1.807, 2.05) is 0 Å². The van der Waals surface area contributed by atoms with Crippen molar-refractivity contribution in [2.75, 3.05) is 19.7 Å². The second-order valence-corrected chi connectivity index (χ2v) is 6.38. The smallest absolute Gasteiger partial charge is 0.0866 e. The normalized spacial score (nSPS) is 22.6. The molecule has 2 nitrogen and oxygen atoms in total. The van der Waals surface area contributed by atoms with E-state index in [2.05, 4.69) is 50.4 Å². The minimum atomic E-state index is 0.285. The first kappa shape index (κ1) is 15.5. The van der Waals surface area contributed by atoms with Gasteiger partial charge in [0.25, 0.3) is 0 Å².